The lowest BCUT2D eigenvalue weighted by molar-refractivity contribution is -0.122. The Bertz CT molecular complexity index is 695. The van der Waals surface area contributed by atoms with Crippen LogP contribution in [0.3, 0.4) is 0 Å². The number of amides is 1. The summed E-state index contributed by atoms with van der Waals surface area (Å²) in [5.74, 6) is 1.31. The fraction of sp³-hybridized carbons (Fsp3) is 0.444. The van der Waals surface area contributed by atoms with Crippen LogP contribution in [0.4, 0.5) is 0 Å². The minimum atomic E-state index is -0.0463. The molecule has 0 radical (unpaired) electrons. The Morgan fingerprint density at radius 2 is 1.81 bits per heavy atom. The van der Waals surface area contributed by atoms with Crippen LogP contribution in [0, 0.1) is 0 Å². The van der Waals surface area contributed by atoms with Crippen LogP contribution in [-0.2, 0) is 9.53 Å². The number of rotatable bonds is 6. The minimum Gasteiger partial charge on any atom is -0.497 e. The van der Waals surface area contributed by atoms with Crippen LogP contribution in [0.1, 0.15) is 5.56 Å². The molecule has 2 saturated heterocycles. The predicted molar refractivity (Wildman–Crippen MR) is 107 cm³/mol. The Hall–Kier alpha value is -1.61. The number of ether oxygens (including phenoxy) is 3. The van der Waals surface area contributed by atoms with Crippen LogP contribution < -0.4 is 9.47 Å². The third-order valence-corrected chi connectivity index (χ3v) is 5.67. The number of methoxy groups -OCH3 is 2. The van der Waals surface area contributed by atoms with E-state index < -0.39 is 0 Å². The smallest absolute Gasteiger partial charge is 0.266 e. The average Bonchev–Trinajstić information content (AvgIpc) is 2.93. The summed E-state index contributed by atoms with van der Waals surface area (Å²) in [4.78, 5) is 17.3. The summed E-state index contributed by atoms with van der Waals surface area (Å²) < 4.78 is 16.5. The molecule has 2 fully saturated rings. The van der Waals surface area contributed by atoms with Gasteiger partial charge in [0, 0.05) is 32.2 Å². The maximum atomic E-state index is 12.7. The molecule has 2 aliphatic heterocycles. The van der Waals surface area contributed by atoms with E-state index in [0.717, 1.165) is 38.4 Å². The minimum absolute atomic E-state index is 0.0463. The highest BCUT2D eigenvalue weighted by Gasteiger charge is 2.32. The number of morpholine rings is 1. The van der Waals surface area contributed by atoms with Gasteiger partial charge in [-0.25, -0.2) is 0 Å². The molecule has 0 unspecified atom stereocenters. The van der Waals surface area contributed by atoms with E-state index in [1.807, 2.05) is 18.2 Å². The molecule has 3 rings (SSSR count). The first-order valence-corrected chi connectivity index (χ1v) is 9.61. The predicted octanol–water partition coefficient (Wildman–Crippen LogP) is 2.24. The van der Waals surface area contributed by atoms with Gasteiger partial charge in [-0.1, -0.05) is 24.0 Å². The van der Waals surface area contributed by atoms with Gasteiger partial charge in [0.2, 0.25) is 0 Å². The van der Waals surface area contributed by atoms with E-state index in [4.69, 9.17) is 26.4 Å². The zero-order chi connectivity index (χ0) is 18.5. The summed E-state index contributed by atoms with van der Waals surface area (Å²) in [6, 6.07) is 5.52. The lowest BCUT2D eigenvalue weighted by atomic mass is 10.2. The quantitative estimate of drug-likeness (QED) is 0.542. The molecular weight excluding hydrogens is 372 g/mol. The number of hydrogen-bond donors (Lipinski definition) is 0. The van der Waals surface area contributed by atoms with Gasteiger partial charge in [0.1, 0.15) is 15.8 Å². The van der Waals surface area contributed by atoms with Gasteiger partial charge in [-0.3, -0.25) is 14.6 Å². The van der Waals surface area contributed by atoms with Gasteiger partial charge in [-0.15, -0.1) is 0 Å². The first kappa shape index (κ1) is 19.2. The molecule has 0 spiro atoms. The number of carbonyl (C=O) groups excluding carboxylic acids is 1. The second-order valence-corrected chi connectivity index (χ2v) is 7.61. The Kier molecular flexibility index (Phi) is 6.53. The number of thiocarbonyl (C=S) groups is 1. The highest BCUT2D eigenvalue weighted by molar-refractivity contribution is 8.26. The molecule has 6 nitrogen and oxygen atoms in total. The topological polar surface area (TPSA) is 51.2 Å². The van der Waals surface area contributed by atoms with E-state index in [1.54, 1.807) is 25.2 Å². The van der Waals surface area contributed by atoms with E-state index in [-0.39, 0.29) is 5.91 Å². The molecule has 140 valence electrons. The number of benzene rings is 1. The maximum Gasteiger partial charge on any atom is 0.266 e. The highest BCUT2D eigenvalue weighted by Crippen LogP contribution is 2.33. The monoisotopic (exact) mass is 394 g/mol. The first-order chi connectivity index (χ1) is 12.6. The van der Waals surface area contributed by atoms with Gasteiger partial charge in [0.05, 0.1) is 32.3 Å². The molecule has 26 heavy (non-hydrogen) atoms. The zero-order valence-electron chi connectivity index (χ0n) is 14.9. The summed E-state index contributed by atoms with van der Waals surface area (Å²) in [7, 11) is 3.20. The van der Waals surface area contributed by atoms with Gasteiger partial charge in [0.15, 0.2) is 0 Å². The average molecular weight is 395 g/mol. The zero-order valence-corrected chi connectivity index (χ0v) is 16.5. The van der Waals surface area contributed by atoms with Crippen LogP contribution in [0.25, 0.3) is 6.08 Å². The van der Waals surface area contributed by atoms with Crippen molar-refractivity contribution in [2.24, 2.45) is 0 Å². The number of thioether (sulfide) groups is 1. The second-order valence-electron chi connectivity index (χ2n) is 5.93. The summed E-state index contributed by atoms with van der Waals surface area (Å²) in [6.45, 7) is 4.69. The van der Waals surface area contributed by atoms with E-state index >= 15 is 0 Å². The largest absolute Gasteiger partial charge is 0.497 e. The molecule has 0 aromatic heterocycles. The molecule has 0 atom stereocenters. The van der Waals surface area contributed by atoms with Crippen LogP contribution in [0.15, 0.2) is 23.1 Å². The Morgan fingerprint density at radius 1 is 1.15 bits per heavy atom. The van der Waals surface area contributed by atoms with Crippen molar-refractivity contribution in [1.29, 1.82) is 0 Å². The van der Waals surface area contributed by atoms with E-state index in [2.05, 4.69) is 4.90 Å². The molecule has 0 aliphatic carbocycles. The Labute approximate surface area is 163 Å². The Balaban J connectivity index is 1.70. The summed E-state index contributed by atoms with van der Waals surface area (Å²) in [5.41, 5.74) is 0.842. The van der Waals surface area contributed by atoms with E-state index in [9.17, 15) is 4.79 Å². The van der Waals surface area contributed by atoms with Crippen molar-refractivity contribution >= 4 is 40.3 Å². The van der Waals surface area contributed by atoms with E-state index in [1.165, 1.54) is 11.8 Å². The molecule has 1 amide bonds. The van der Waals surface area contributed by atoms with Crippen LogP contribution in [0.5, 0.6) is 11.5 Å². The Morgan fingerprint density at radius 3 is 2.42 bits per heavy atom. The molecule has 1 aromatic carbocycles. The molecule has 2 aliphatic rings. The molecule has 2 heterocycles. The first-order valence-electron chi connectivity index (χ1n) is 8.39. The lowest BCUT2D eigenvalue weighted by Crippen LogP contribution is -2.42. The molecule has 0 N–H and O–H groups in total. The highest BCUT2D eigenvalue weighted by atomic mass is 32.2. The third kappa shape index (κ3) is 4.56. The van der Waals surface area contributed by atoms with Crippen molar-refractivity contribution in [2.75, 3.05) is 53.6 Å². The van der Waals surface area contributed by atoms with Gasteiger partial charge >= 0.3 is 0 Å². The molecule has 8 heteroatoms. The van der Waals surface area contributed by atoms with Gasteiger partial charge < -0.3 is 14.2 Å². The van der Waals surface area contributed by atoms with Crippen molar-refractivity contribution in [3.05, 3.63) is 28.7 Å². The van der Waals surface area contributed by atoms with E-state index in [0.29, 0.717) is 27.3 Å². The van der Waals surface area contributed by atoms with Crippen molar-refractivity contribution in [1.82, 2.24) is 9.80 Å². The second kappa shape index (κ2) is 8.85. The summed E-state index contributed by atoms with van der Waals surface area (Å²) in [6.07, 6.45) is 1.83. The SMILES string of the molecule is COc1cc(C=C2SC(=S)N(CCN3CCOCC3)C2=O)cc(OC)c1. The third-order valence-electron chi connectivity index (χ3n) is 4.29. The van der Waals surface area contributed by atoms with Crippen molar-refractivity contribution in [3.8, 4) is 11.5 Å². The fourth-order valence-electron chi connectivity index (χ4n) is 2.82. The number of carbonyl (C=O) groups is 1. The van der Waals surface area contributed by atoms with Crippen molar-refractivity contribution in [3.63, 3.8) is 0 Å². The fourth-order valence-corrected chi connectivity index (χ4v) is 4.13. The van der Waals surface area contributed by atoms with Crippen LogP contribution in [0.2, 0.25) is 0 Å². The molecular formula is C18H22N2O4S2. The summed E-state index contributed by atoms with van der Waals surface area (Å²) >= 11 is 6.74. The maximum absolute atomic E-state index is 12.7. The standard InChI is InChI=1S/C18H22N2O4S2/c1-22-14-9-13(10-15(12-14)23-2)11-16-17(21)20(18(25)26-16)4-3-19-5-7-24-8-6-19/h9-12H,3-8H2,1-2H3. The number of hydrogen-bond acceptors (Lipinski definition) is 7. The van der Waals surface area contributed by atoms with Gasteiger partial charge in [0.25, 0.3) is 5.91 Å². The molecule has 0 bridgehead atoms. The van der Waals surface area contributed by atoms with Gasteiger partial charge in [-0.2, -0.15) is 0 Å². The number of nitrogens with zero attached hydrogens (tertiary/aromatic N) is 2. The van der Waals surface area contributed by atoms with Crippen LogP contribution >= 0.6 is 24.0 Å². The molecule has 1 aromatic rings. The lowest BCUT2D eigenvalue weighted by Gasteiger charge is -2.28. The summed E-state index contributed by atoms with van der Waals surface area (Å²) in [5, 5.41) is 0. The van der Waals surface area contributed by atoms with Crippen LogP contribution in [-0.4, -0.2) is 73.6 Å². The normalized spacial score (nSPS) is 20.1. The van der Waals surface area contributed by atoms with Crippen molar-refractivity contribution in [2.45, 2.75) is 0 Å². The van der Waals surface area contributed by atoms with Gasteiger partial charge in [-0.05, 0) is 23.8 Å². The van der Waals surface area contributed by atoms with Crippen molar-refractivity contribution < 1.29 is 19.0 Å². The molecule has 0 saturated carbocycles.